The standard InChI is InChI=1S/C33H42N4O6S/c1-7-20-15(2)25(36-33(20)43)12-23-16(3)21(8-10-29(38)39)26(34-23)14-27-22(9-11-30(40)41)17(4)24(35-27)13-28-31(19(6)44)18(5)32(42)37-28/h7,13,18-19,25,31,34-35,44H,1,8-12,14H2,2-6H3,(H,36,43)(H,37,42)(H,38,39)(H,40,41)/b28-13-/t18-,19+,25-,31+/m1/s1. The number of allylic oxidation sites excluding steroid dienone is 1. The molecule has 4 heterocycles. The summed E-state index contributed by atoms with van der Waals surface area (Å²) in [7, 11) is 0. The average molecular weight is 623 g/mol. The maximum Gasteiger partial charge on any atom is 0.303 e. The summed E-state index contributed by atoms with van der Waals surface area (Å²) in [5, 5.41) is 24.9. The fraction of sp³-hybridized carbons (Fsp3) is 0.455. The minimum atomic E-state index is -0.904. The van der Waals surface area contributed by atoms with Crippen molar-refractivity contribution in [3.63, 3.8) is 0 Å². The number of nitrogens with one attached hydrogen (secondary N) is 4. The molecule has 11 heteroatoms. The molecule has 0 bridgehead atoms. The first-order valence-corrected chi connectivity index (χ1v) is 15.4. The first-order chi connectivity index (χ1) is 20.7. The predicted octanol–water partition coefficient (Wildman–Crippen LogP) is 4.17. The van der Waals surface area contributed by atoms with Gasteiger partial charge in [0, 0.05) is 76.8 Å². The van der Waals surface area contributed by atoms with Gasteiger partial charge in [0.05, 0.1) is 6.04 Å². The maximum atomic E-state index is 12.5. The lowest BCUT2D eigenvalue weighted by Crippen LogP contribution is -2.30. The van der Waals surface area contributed by atoms with Gasteiger partial charge in [-0.1, -0.05) is 26.5 Å². The quantitative estimate of drug-likeness (QED) is 0.166. The number of rotatable bonds is 13. The first kappa shape index (κ1) is 32.9. The fourth-order valence-electron chi connectivity index (χ4n) is 6.56. The number of carboxylic acid groups (broad SMARTS) is 2. The van der Waals surface area contributed by atoms with Crippen molar-refractivity contribution < 1.29 is 29.4 Å². The van der Waals surface area contributed by atoms with Crippen LogP contribution < -0.4 is 10.6 Å². The van der Waals surface area contributed by atoms with Crippen LogP contribution in [0.25, 0.3) is 6.08 Å². The molecule has 4 atom stereocenters. The minimum absolute atomic E-state index is 0.0427. The Kier molecular flexibility index (Phi) is 9.98. The summed E-state index contributed by atoms with van der Waals surface area (Å²) in [4.78, 5) is 55.0. The topological polar surface area (TPSA) is 164 Å². The van der Waals surface area contributed by atoms with Crippen LogP contribution in [-0.4, -0.2) is 55.2 Å². The Balaban J connectivity index is 1.75. The van der Waals surface area contributed by atoms with Gasteiger partial charge in [0.2, 0.25) is 5.91 Å². The van der Waals surface area contributed by atoms with Crippen molar-refractivity contribution in [3.05, 3.63) is 74.5 Å². The van der Waals surface area contributed by atoms with Crippen LogP contribution in [-0.2, 0) is 44.9 Å². The molecule has 2 aliphatic rings. The molecule has 0 aliphatic carbocycles. The number of hydrogen-bond acceptors (Lipinski definition) is 5. The van der Waals surface area contributed by atoms with Crippen LogP contribution in [0.3, 0.4) is 0 Å². The highest BCUT2D eigenvalue weighted by Crippen LogP contribution is 2.35. The summed E-state index contributed by atoms with van der Waals surface area (Å²) in [6, 6.07) is -0.212. The Bertz CT molecular complexity index is 1580. The molecule has 0 radical (unpaired) electrons. The molecule has 2 aliphatic heterocycles. The van der Waals surface area contributed by atoms with Crippen molar-refractivity contribution in [2.45, 2.75) is 84.4 Å². The van der Waals surface area contributed by atoms with E-state index in [0.29, 0.717) is 31.3 Å². The van der Waals surface area contributed by atoms with E-state index in [1.54, 1.807) is 6.08 Å². The molecular formula is C33H42N4O6S. The normalized spacial score (nSPS) is 21.6. The number of H-pyrrole nitrogens is 2. The molecule has 2 aromatic rings. The first-order valence-electron chi connectivity index (χ1n) is 14.9. The largest absolute Gasteiger partial charge is 0.481 e. The van der Waals surface area contributed by atoms with Gasteiger partial charge in [0.1, 0.15) is 0 Å². The lowest BCUT2D eigenvalue weighted by molar-refractivity contribution is -0.138. The van der Waals surface area contributed by atoms with Crippen molar-refractivity contribution in [1.29, 1.82) is 0 Å². The highest BCUT2D eigenvalue weighted by Gasteiger charge is 2.38. The monoisotopic (exact) mass is 622 g/mol. The molecule has 0 spiro atoms. The van der Waals surface area contributed by atoms with Gasteiger partial charge in [-0.3, -0.25) is 19.2 Å². The van der Waals surface area contributed by atoms with Crippen LogP contribution in [0.2, 0.25) is 0 Å². The Morgan fingerprint density at radius 2 is 1.57 bits per heavy atom. The molecule has 44 heavy (non-hydrogen) atoms. The van der Waals surface area contributed by atoms with E-state index in [0.717, 1.165) is 56.3 Å². The third-order valence-electron chi connectivity index (χ3n) is 9.12. The van der Waals surface area contributed by atoms with Gasteiger partial charge in [-0.05, 0) is 67.5 Å². The van der Waals surface area contributed by atoms with Crippen LogP contribution in [0, 0.1) is 25.7 Å². The van der Waals surface area contributed by atoms with Crippen molar-refractivity contribution >= 4 is 42.5 Å². The molecule has 6 N–H and O–H groups in total. The van der Waals surface area contributed by atoms with Gasteiger partial charge in [0.25, 0.3) is 5.91 Å². The molecule has 2 amide bonds. The molecule has 1 fully saturated rings. The Morgan fingerprint density at radius 3 is 2.11 bits per heavy atom. The van der Waals surface area contributed by atoms with Crippen molar-refractivity contribution in [1.82, 2.24) is 20.6 Å². The predicted molar refractivity (Wildman–Crippen MR) is 172 cm³/mol. The van der Waals surface area contributed by atoms with Gasteiger partial charge in [-0.15, -0.1) is 0 Å². The van der Waals surface area contributed by atoms with E-state index in [1.807, 2.05) is 40.7 Å². The van der Waals surface area contributed by atoms with Gasteiger partial charge >= 0.3 is 11.9 Å². The molecule has 1 saturated heterocycles. The summed E-state index contributed by atoms with van der Waals surface area (Å²) in [5.74, 6) is -2.34. The van der Waals surface area contributed by atoms with E-state index in [9.17, 15) is 29.4 Å². The summed E-state index contributed by atoms with van der Waals surface area (Å²) >= 11 is 4.63. The van der Waals surface area contributed by atoms with Crippen molar-refractivity contribution in [2.75, 3.05) is 0 Å². The highest BCUT2D eigenvalue weighted by molar-refractivity contribution is 7.80. The van der Waals surface area contributed by atoms with E-state index >= 15 is 0 Å². The second-order valence-electron chi connectivity index (χ2n) is 11.9. The highest BCUT2D eigenvalue weighted by atomic mass is 32.1. The second kappa shape index (κ2) is 13.3. The van der Waals surface area contributed by atoms with E-state index in [1.165, 1.54) is 0 Å². The molecule has 10 nitrogen and oxygen atoms in total. The van der Waals surface area contributed by atoms with Crippen LogP contribution in [0.1, 0.15) is 78.6 Å². The molecule has 236 valence electrons. The Labute approximate surface area is 262 Å². The zero-order valence-electron chi connectivity index (χ0n) is 25.9. The van der Waals surface area contributed by atoms with Crippen LogP contribution in [0.15, 0.2) is 29.5 Å². The number of hydrogen-bond donors (Lipinski definition) is 7. The number of thiol groups is 1. The third kappa shape index (κ3) is 6.72. The summed E-state index contributed by atoms with van der Waals surface area (Å²) in [6.45, 7) is 13.4. The van der Waals surface area contributed by atoms with E-state index in [-0.39, 0.29) is 47.8 Å². The minimum Gasteiger partial charge on any atom is -0.481 e. The van der Waals surface area contributed by atoms with Gasteiger partial charge < -0.3 is 30.8 Å². The van der Waals surface area contributed by atoms with Gasteiger partial charge in [-0.2, -0.15) is 12.6 Å². The molecular weight excluding hydrogens is 580 g/mol. The van der Waals surface area contributed by atoms with Crippen molar-refractivity contribution in [2.24, 2.45) is 11.8 Å². The summed E-state index contributed by atoms with van der Waals surface area (Å²) in [5.41, 5.74) is 9.22. The van der Waals surface area contributed by atoms with Crippen LogP contribution >= 0.6 is 12.6 Å². The van der Waals surface area contributed by atoms with E-state index in [4.69, 9.17) is 0 Å². The average Bonchev–Trinajstić information content (AvgIpc) is 3.59. The third-order valence-corrected chi connectivity index (χ3v) is 9.44. The van der Waals surface area contributed by atoms with Crippen LogP contribution in [0.4, 0.5) is 0 Å². The zero-order chi connectivity index (χ0) is 32.5. The zero-order valence-corrected chi connectivity index (χ0v) is 26.8. The van der Waals surface area contributed by atoms with Gasteiger partial charge in [0.15, 0.2) is 0 Å². The molecule has 2 aromatic heterocycles. The SMILES string of the molecule is C=CC1=C(C)[C@@H](Cc2[nH]c(Cc3[nH]c(/C=C4\NC(=O)[C@H](C)[C@H]4[C@H](C)S)c(C)c3CCC(=O)O)c(CCC(=O)O)c2C)NC1=O. The Morgan fingerprint density at radius 1 is 0.977 bits per heavy atom. The smallest absolute Gasteiger partial charge is 0.303 e. The van der Waals surface area contributed by atoms with Crippen LogP contribution in [0.5, 0.6) is 0 Å². The maximum absolute atomic E-state index is 12.5. The van der Waals surface area contributed by atoms with Crippen molar-refractivity contribution in [3.8, 4) is 0 Å². The molecule has 0 unspecified atom stereocenters. The lowest BCUT2D eigenvalue weighted by Gasteiger charge is -2.17. The van der Waals surface area contributed by atoms with Gasteiger partial charge in [-0.25, -0.2) is 0 Å². The lowest BCUT2D eigenvalue weighted by atomic mass is 9.91. The number of amides is 2. The summed E-state index contributed by atoms with van der Waals surface area (Å²) < 4.78 is 0. The number of carbonyl (C=O) groups excluding carboxylic acids is 2. The number of aromatic amines is 2. The summed E-state index contributed by atoms with van der Waals surface area (Å²) in [6.07, 6.45) is 4.93. The number of carbonyl (C=O) groups is 4. The molecule has 0 saturated carbocycles. The molecule has 0 aromatic carbocycles. The number of aromatic nitrogens is 2. The fourth-order valence-corrected chi connectivity index (χ4v) is 6.98. The second-order valence-corrected chi connectivity index (χ2v) is 12.8. The van der Waals surface area contributed by atoms with E-state index < -0.39 is 11.9 Å². The van der Waals surface area contributed by atoms with E-state index in [2.05, 4.69) is 39.8 Å². The number of aliphatic carboxylic acids is 2. The molecule has 4 rings (SSSR count). The Hall–Kier alpha value is -3.99. The number of carboxylic acids is 2.